The summed E-state index contributed by atoms with van der Waals surface area (Å²) in [6, 6.07) is 11.1. The number of aromatic nitrogens is 2. The van der Waals surface area contributed by atoms with Gasteiger partial charge in [-0.15, -0.1) is 6.58 Å². The Kier molecular flexibility index (Phi) is 4.96. The second kappa shape index (κ2) is 7.37. The molecule has 1 saturated heterocycles. The minimum atomic E-state index is 0.436. The Morgan fingerprint density at radius 3 is 2.42 bits per heavy atom. The van der Waals surface area contributed by atoms with Gasteiger partial charge in [-0.25, -0.2) is 0 Å². The minimum Gasteiger partial charge on any atom is -0.300 e. The van der Waals surface area contributed by atoms with Crippen LogP contribution in [0.4, 0.5) is 0 Å². The van der Waals surface area contributed by atoms with Crippen LogP contribution < -0.4 is 0 Å². The molecule has 0 radical (unpaired) electrons. The van der Waals surface area contributed by atoms with E-state index >= 15 is 0 Å². The van der Waals surface area contributed by atoms with Gasteiger partial charge in [0.2, 0.25) is 0 Å². The van der Waals surface area contributed by atoms with Crippen LogP contribution in [0.3, 0.4) is 0 Å². The van der Waals surface area contributed by atoms with Crippen molar-refractivity contribution in [1.82, 2.24) is 19.6 Å². The average molecular weight is 351 g/mol. The molecular formula is C22H30N4. The van der Waals surface area contributed by atoms with Crippen LogP contribution in [0.5, 0.6) is 0 Å². The molecule has 0 unspecified atom stereocenters. The smallest absolute Gasteiger partial charge is 0.0590 e. The van der Waals surface area contributed by atoms with E-state index in [0.717, 1.165) is 26.2 Å². The van der Waals surface area contributed by atoms with Gasteiger partial charge in [-0.1, -0.05) is 36.4 Å². The topological polar surface area (TPSA) is 24.3 Å². The molecule has 2 aromatic rings. The fourth-order valence-corrected chi connectivity index (χ4v) is 4.20. The van der Waals surface area contributed by atoms with E-state index in [2.05, 4.69) is 58.7 Å². The summed E-state index contributed by atoms with van der Waals surface area (Å²) in [5, 5.41) is 4.48. The molecule has 26 heavy (non-hydrogen) atoms. The van der Waals surface area contributed by atoms with Crippen LogP contribution in [0.25, 0.3) is 0 Å². The van der Waals surface area contributed by atoms with Gasteiger partial charge in [-0.2, -0.15) is 5.10 Å². The fourth-order valence-electron chi connectivity index (χ4n) is 4.20. The van der Waals surface area contributed by atoms with Crippen LogP contribution in [-0.4, -0.2) is 52.3 Å². The maximum absolute atomic E-state index is 4.48. The maximum atomic E-state index is 4.48. The van der Waals surface area contributed by atoms with E-state index in [1.807, 2.05) is 17.0 Å². The van der Waals surface area contributed by atoms with E-state index in [4.69, 9.17) is 0 Å². The molecule has 1 aromatic heterocycles. The molecule has 0 bridgehead atoms. The number of rotatable bonds is 7. The maximum Gasteiger partial charge on any atom is 0.0590 e. The number of hydrogen-bond acceptors (Lipinski definition) is 3. The van der Waals surface area contributed by atoms with Crippen molar-refractivity contribution in [2.24, 2.45) is 0 Å². The minimum absolute atomic E-state index is 0.436. The van der Waals surface area contributed by atoms with Gasteiger partial charge in [0, 0.05) is 55.9 Å². The van der Waals surface area contributed by atoms with E-state index in [0.29, 0.717) is 5.41 Å². The first-order valence-corrected chi connectivity index (χ1v) is 9.83. The number of hydrogen-bond donors (Lipinski definition) is 0. The largest absolute Gasteiger partial charge is 0.300 e. The van der Waals surface area contributed by atoms with Crippen LogP contribution in [0.1, 0.15) is 29.7 Å². The Morgan fingerprint density at radius 1 is 1.08 bits per heavy atom. The Balaban J connectivity index is 1.30. The number of benzene rings is 1. The zero-order chi connectivity index (χ0) is 18.0. The van der Waals surface area contributed by atoms with Crippen molar-refractivity contribution < 1.29 is 0 Å². The van der Waals surface area contributed by atoms with Gasteiger partial charge in [0.05, 0.1) is 12.7 Å². The van der Waals surface area contributed by atoms with Crippen molar-refractivity contribution >= 4 is 0 Å². The van der Waals surface area contributed by atoms with E-state index in [1.165, 1.54) is 49.3 Å². The van der Waals surface area contributed by atoms with Gasteiger partial charge >= 0.3 is 0 Å². The van der Waals surface area contributed by atoms with E-state index in [1.54, 1.807) is 0 Å². The summed E-state index contributed by atoms with van der Waals surface area (Å²) in [6.07, 6.45) is 6.63. The molecule has 1 saturated carbocycles. The van der Waals surface area contributed by atoms with Crippen molar-refractivity contribution in [3.63, 3.8) is 0 Å². The van der Waals surface area contributed by atoms with Crippen molar-refractivity contribution in [1.29, 1.82) is 0 Å². The SMILES string of the molecule is C=CCn1ncc(CN2CCN(CC3(c4ccccc4)CC3)CC2)c1C. The lowest BCUT2D eigenvalue weighted by Gasteiger charge is -2.36. The second-order valence-corrected chi connectivity index (χ2v) is 7.92. The molecular weight excluding hydrogens is 320 g/mol. The lowest BCUT2D eigenvalue weighted by molar-refractivity contribution is 0.119. The number of piperazine rings is 1. The Morgan fingerprint density at radius 2 is 1.77 bits per heavy atom. The second-order valence-electron chi connectivity index (χ2n) is 7.92. The molecule has 1 aliphatic carbocycles. The first-order chi connectivity index (χ1) is 12.7. The monoisotopic (exact) mass is 350 g/mol. The first kappa shape index (κ1) is 17.5. The molecule has 4 heteroatoms. The van der Waals surface area contributed by atoms with Crippen molar-refractivity contribution in [2.75, 3.05) is 32.7 Å². The highest BCUT2D eigenvalue weighted by Crippen LogP contribution is 2.48. The van der Waals surface area contributed by atoms with E-state index < -0.39 is 0 Å². The first-order valence-electron chi connectivity index (χ1n) is 9.83. The zero-order valence-corrected chi connectivity index (χ0v) is 15.9. The van der Waals surface area contributed by atoms with Crippen LogP contribution in [-0.2, 0) is 18.5 Å². The lowest BCUT2D eigenvalue weighted by Crippen LogP contribution is -2.48. The van der Waals surface area contributed by atoms with Gasteiger partial charge in [-0.05, 0) is 25.3 Å². The highest BCUT2D eigenvalue weighted by molar-refractivity contribution is 5.31. The summed E-state index contributed by atoms with van der Waals surface area (Å²) in [6.45, 7) is 13.7. The molecule has 0 spiro atoms. The summed E-state index contributed by atoms with van der Waals surface area (Å²) in [5.74, 6) is 0. The molecule has 2 heterocycles. The average Bonchev–Trinajstić information content (AvgIpc) is 3.39. The predicted octanol–water partition coefficient (Wildman–Crippen LogP) is 3.23. The molecule has 1 aliphatic heterocycles. The van der Waals surface area contributed by atoms with Crippen molar-refractivity contribution in [2.45, 2.75) is 38.3 Å². The van der Waals surface area contributed by atoms with Gasteiger partial charge in [0.15, 0.2) is 0 Å². The summed E-state index contributed by atoms with van der Waals surface area (Å²) in [7, 11) is 0. The third-order valence-electron chi connectivity index (χ3n) is 6.13. The molecule has 138 valence electrons. The Labute approximate surface area is 157 Å². The van der Waals surface area contributed by atoms with Crippen molar-refractivity contribution in [3.05, 3.63) is 66.0 Å². The summed E-state index contributed by atoms with van der Waals surface area (Å²) in [5.41, 5.74) is 4.59. The van der Waals surface area contributed by atoms with Crippen LogP contribution in [0.2, 0.25) is 0 Å². The zero-order valence-electron chi connectivity index (χ0n) is 15.9. The summed E-state index contributed by atoms with van der Waals surface area (Å²) in [4.78, 5) is 5.24. The lowest BCUT2D eigenvalue weighted by atomic mass is 9.95. The van der Waals surface area contributed by atoms with Gasteiger partial charge in [-0.3, -0.25) is 14.5 Å². The van der Waals surface area contributed by atoms with Gasteiger partial charge < -0.3 is 0 Å². The predicted molar refractivity (Wildman–Crippen MR) is 106 cm³/mol. The molecule has 1 aromatic carbocycles. The molecule has 0 N–H and O–H groups in total. The molecule has 0 atom stereocenters. The van der Waals surface area contributed by atoms with E-state index in [9.17, 15) is 0 Å². The third-order valence-corrected chi connectivity index (χ3v) is 6.13. The van der Waals surface area contributed by atoms with Crippen LogP contribution >= 0.6 is 0 Å². The highest BCUT2D eigenvalue weighted by atomic mass is 15.3. The molecule has 4 rings (SSSR count). The Bertz CT molecular complexity index is 737. The highest BCUT2D eigenvalue weighted by Gasteiger charge is 2.45. The summed E-state index contributed by atoms with van der Waals surface area (Å²) < 4.78 is 2.04. The van der Waals surface area contributed by atoms with Crippen LogP contribution in [0.15, 0.2) is 49.2 Å². The molecule has 0 amide bonds. The number of nitrogens with zero attached hydrogens (tertiary/aromatic N) is 4. The Hall–Kier alpha value is -1.91. The number of allylic oxidation sites excluding steroid dienone is 1. The quantitative estimate of drug-likeness (QED) is 0.717. The van der Waals surface area contributed by atoms with Crippen LogP contribution in [0, 0.1) is 6.92 Å². The van der Waals surface area contributed by atoms with Gasteiger partial charge in [0.25, 0.3) is 0 Å². The normalized spacial score (nSPS) is 20.2. The van der Waals surface area contributed by atoms with Crippen molar-refractivity contribution in [3.8, 4) is 0 Å². The fraction of sp³-hybridized carbons (Fsp3) is 0.500. The molecule has 4 nitrogen and oxygen atoms in total. The van der Waals surface area contributed by atoms with E-state index in [-0.39, 0.29) is 0 Å². The standard InChI is InChI=1S/C22H30N4/c1-3-11-26-19(2)20(16-23-26)17-24-12-14-25(15-13-24)18-22(9-10-22)21-7-5-4-6-8-21/h3-8,16H,1,9-15,17-18H2,2H3. The molecule has 2 fully saturated rings. The summed E-state index contributed by atoms with van der Waals surface area (Å²) >= 11 is 0. The van der Waals surface area contributed by atoms with Gasteiger partial charge in [0.1, 0.15) is 0 Å². The molecule has 2 aliphatic rings. The third kappa shape index (κ3) is 3.62.